The topological polar surface area (TPSA) is 44.0 Å². The van der Waals surface area contributed by atoms with E-state index in [0.717, 1.165) is 12.1 Å². The van der Waals surface area contributed by atoms with Crippen molar-refractivity contribution in [2.24, 2.45) is 0 Å². The second-order valence-electron chi connectivity index (χ2n) is 4.27. The Balaban J connectivity index is 2.34. The average molecular weight is 277 g/mol. The Bertz CT molecular complexity index is 624. The summed E-state index contributed by atoms with van der Waals surface area (Å²) >= 11 is 0. The third-order valence-corrected chi connectivity index (χ3v) is 2.93. The Morgan fingerprint density at radius 1 is 0.900 bits per heavy atom. The fraction of sp³-hybridized carbons (Fsp3) is 0.133. The number of nitrogens with zero attached hydrogens (tertiary/aromatic N) is 1. The van der Waals surface area contributed by atoms with E-state index in [4.69, 9.17) is 0 Å². The highest BCUT2D eigenvalue weighted by Gasteiger charge is 2.30. The lowest BCUT2D eigenvalue weighted by Gasteiger charge is -2.12. The Morgan fingerprint density at radius 3 is 1.75 bits per heavy atom. The van der Waals surface area contributed by atoms with E-state index >= 15 is 0 Å². The summed E-state index contributed by atoms with van der Waals surface area (Å²) in [7, 11) is 0. The second-order valence-corrected chi connectivity index (χ2v) is 4.27. The van der Waals surface area contributed by atoms with Crippen LogP contribution in [0.15, 0.2) is 48.5 Å². The van der Waals surface area contributed by atoms with Gasteiger partial charge in [-0.15, -0.1) is 0 Å². The molecule has 0 amide bonds. The molecule has 0 aliphatic rings. The van der Waals surface area contributed by atoms with Crippen molar-refractivity contribution < 1.29 is 18.3 Å². The van der Waals surface area contributed by atoms with Crippen molar-refractivity contribution in [2.75, 3.05) is 0 Å². The van der Waals surface area contributed by atoms with Crippen LogP contribution in [-0.2, 0) is 6.18 Å². The van der Waals surface area contributed by atoms with Crippen molar-refractivity contribution in [3.8, 4) is 11.8 Å². The zero-order valence-electron chi connectivity index (χ0n) is 10.2. The lowest BCUT2D eigenvalue weighted by molar-refractivity contribution is -0.137. The lowest BCUT2D eigenvalue weighted by Crippen LogP contribution is -2.05. The molecule has 0 saturated heterocycles. The number of benzene rings is 2. The number of hydrogen-bond acceptors (Lipinski definition) is 2. The third-order valence-electron chi connectivity index (χ3n) is 2.93. The van der Waals surface area contributed by atoms with Gasteiger partial charge >= 0.3 is 6.18 Å². The van der Waals surface area contributed by atoms with Gasteiger partial charge in [-0.2, -0.15) is 18.4 Å². The lowest BCUT2D eigenvalue weighted by atomic mass is 9.92. The van der Waals surface area contributed by atoms with Gasteiger partial charge < -0.3 is 5.11 Å². The van der Waals surface area contributed by atoms with Gasteiger partial charge in [0.1, 0.15) is 5.75 Å². The molecule has 1 N–H and O–H groups in total. The maximum atomic E-state index is 12.5. The fourth-order valence-corrected chi connectivity index (χ4v) is 1.87. The van der Waals surface area contributed by atoms with Gasteiger partial charge in [-0.05, 0) is 35.4 Å². The van der Waals surface area contributed by atoms with E-state index in [0.29, 0.717) is 11.1 Å². The second kappa shape index (κ2) is 5.25. The minimum absolute atomic E-state index is 0.0675. The summed E-state index contributed by atoms with van der Waals surface area (Å²) < 4.78 is 37.4. The Kier molecular flexibility index (Phi) is 3.66. The number of nitriles is 1. The molecule has 0 radical (unpaired) electrons. The average Bonchev–Trinajstić information content (AvgIpc) is 2.41. The van der Waals surface area contributed by atoms with Crippen LogP contribution in [-0.4, -0.2) is 5.11 Å². The van der Waals surface area contributed by atoms with Crippen LogP contribution in [0.3, 0.4) is 0 Å². The first-order valence-electron chi connectivity index (χ1n) is 5.77. The van der Waals surface area contributed by atoms with E-state index in [9.17, 15) is 23.5 Å². The van der Waals surface area contributed by atoms with Gasteiger partial charge in [-0.3, -0.25) is 0 Å². The van der Waals surface area contributed by atoms with Crippen LogP contribution >= 0.6 is 0 Å². The van der Waals surface area contributed by atoms with Crippen molar-refractivity contribution in [2.45, 2.75) is 12.1 Å². The van der Waals surface area contributed by atoms with Crippen LogP contribution in [0, 0.1) is 11.3 Å². The molecule has 1 unspecified atom stereocenters. The van der Waals surface area contributed by atoms with Crippen molar-refractivity contribution >= 4 is 0 Å². The van der Waals surface area contributed by atoms with Crippen molar-refractivity contribution in [1.29, 1.82) is 5.26 Å². The summed E-state index contributed by atoms with van der Waals surface area (Å²) in [5.41, 5.74) is 0.347. The highest BCUT2D eigenvalue weighted by Crippen LogP contribution is 2.31. The Morgan fingerprint density at radius 2 is 1.35 bits per heavy atom. The molecule has 2 aromatic rings. The molecule has 0 heterocycles. The summed E-state index contributed by atoms with van der Waals surface area (Å²) in [5, 5.41) is 18.4. The van der Waals surface area contributed by atoms with Gasteiger partial charge in [0.2, 0.25) is 0 Å². The predicted octanol–water partition coefficient (Wildman–Crippen LogP) is 4.07. The van der Waals surface area contributed by atoms with Crippen molar-refractivity contribution in [3.63, 3.8) is 0 Å². The van der Waals surface area contributed by atoms with Crippen LogP contribution in [0.1, 0.15) is 22.6 Å². The normalized spacial score (nSPS) is 12.7. The van der Waals surface area contributed by atoms with Gasteiger partial charge in [-0.1, -0.05) is 24.3 Å². The molecule has 2 nitrogen and oxygen atoms in total. The first kappa shape index (κ1) is 13.9. The number of halogens is 3. The van der Waals surface area contributed by atoms with Crippen LogP contribution in [0.2, 0.25) is 0 Å². The quantitative estimate of drug-likeness (QED) is 0.899. The highest BCUT2D eigenvalue weighted by atomic mass is 19.4. The Hall–Kier alpha value is -2.48. The summed E-state index contributed by atoms with van der Waals surface area (Å²) in [6.07, 6.45) is -4.39. The standard InChI is InChI=1S/C15H10F3NO/c16-15(17,18)12-5-1-10(2-6-12)14(9-19)11-3-7-13(20)8-4-11/h1-8,14,20H. The number of alkyl halides is 3. The number of phenolic OH excluding ortho intramolecular Hbond substituents is 1. The van der Waals surface area contributed by atoms with Crippen LogP contribution < -0.4 is 0 Å². The molecule has 1 atom stereocenters. The molecule has 0 spiro atoms. The third kappa shape index (κ3) is 2.91. The molecule has 0 aliphatic heterocycles. The van der Waals surface area contributed by atoms with E-state index in [2.05, 4.69) is 0 Å². The zero-order valence-corrected chi connectivity index (χ0v) is 10.2. The van der Waals surface area contributed by atoms with Crippen LogP contribution in [0.5, 0.6) is 5.75 Å². The largest absolute Gasteiger partial charge is 0.508 e. The van der Waals surface area contributed by atoms with E-state index < -0.39 is 17.7 Å². The van der Waals surface area contributed by atoms with Crippen LogP contribution in [0.25, 0.3) is 0 Å². The molecular weight excluding hydrogens is 267 g/mol. The maximum Gasteiger partial charge on any atom is 0.416 e. The molecule has 102 valence electrons. The molecule has 0 aliphatic carbocycles. The highest BCUT2D eigenvalue weighted by molar-refractivity contribution is 5.41. The molecule has 20 heavy (non-hydrogen) atoms. The van der Waals surface area contributed by atoms with Gasteiger partial charge in [0.25, 0.3) is 0 Å². The number of phenols is 1. The number of rotatable bonds is 2. The smallest absolute Gasteiger partial charge is 0.416 e. The molecular formula is C15H10F3NO. The molecule has 0 saturated carbocycles. The number of hydrogen-bond donors (Lipinski definition) is 1. The van der Waals surface area contributed by atoms with Gasteiger partial charge in [0.15, 0.2) is 0 Å². The monoisotopic (exact) mass is 277 g/mol. The zero-order chi connectivity index (χ0) is 14.8. The van der Waals surface area contributed by atoms with Crippen molar-refractivity contribution in [1.82, 2.24) is 0 Å². The molecule has 0 aromatic heterocycles. The summed E-state index contributed by atoms with van der Waals surface area (Å²) in [4.78, 5) is 0. The van der Waals surface area contributed by atoms with Gasteiger partial charge in [0.05, 0.1) is 17.6 Å². The number of aromatic hydroxyl groups is 1. The minimum Gasteiger partial charge on any atom is -0.508 e. The first-order valence-corrected chi connectivity index (χ1v) is 5.77. The Labute approximate surface area is 113 Å². The first-order chi connectivity index (χ1) is 9.41. The van der Waals surface area contributed by atoms with Crippen LogP contribution in [0.4, 0.5) is 13.2 Å². The maximum absolute atomic E-state index is 12.5. The molecule has 2 rings (SSSR count). The fourth-order valence-electron chi connectivity index (χ4n) is 1.87. The predicted molar refractivity (Wildman–Crippen MR) is 67.0 cm³/mol. The summed E-state index contributed by atoms with van der Waals surface area (Å²) in [5.74, 6) is -0.601. The van der Waals surface area contributed by atoms with Crippen molar-refractivity contribution in [3.05, 3.63) is 65.2 Å². The van der Waals surface area contributed by atoms with E-state index in [1.54, 1.807) is 12.1 Å². The van der Waals surface area contributed by atoms with E-state index in [1.807, 2.05) is 6.07 Å². The molecule has 0 fully saturated rings. The van der Waals surface area contributed by atoms with Gasteiger partial charge in [-0.25, -0.2) is 0 Å². The van der Waals surface area contributed by atoms with E-state index in [1.165, 1.54) is 24.3 Å². The SMILES string of the molecule is N#CC(c1ccc(O)cc1)c1ccc(C(F)(F)F)cc1. The molecule has 2 aromatic carbocycles. The minimum atomic E-state index is -4.39. The summed E-state index contributed by atoms with van der Waals surface area (Å²) in [6, 6.07) is 12.6. The summed E-state index contributed by atoms with van der Waals surface area (Å²) in [6.45, 7) is 0. The molecule has 5 heteroatoms. The van der Waals surface area contributed by atoms with Gasteiger partial charge in [0, 0.05) is 0 Å². The molecule has 0 bridgehead atoms. The van der Waals surface area contributed by atoms with E-state index in [-0.39, 0.29) is 5.75 Å².